The molecule has 156 valence electrons. The van der Waals surface area contributed by atoms with Crippen LogP contribution >= 0.6 is 11.6 Å². The van der Waals surface area contributed by atoms with E-state index in [4.69, 9.17) is 16.3 Å². The van der Waals surface area contributed by atoms with Crippen molar-refractivity contribution in [3.8, 4) is 0 Å². The Morgan fingerprint density at radius 2 is 1.90 bits per heavy atom. The second-order valence-electron chi connectivity index (χ2n) is 6.60. The van der Waals surface area contributed by atoms with Gasteiger partial charge in [0.05, 0.1) is 30.8 Å². The summed E-state index contributed by atoms with van der Waals surface area (Å²) < 4.78 is 29.4. The number of nitrogens with one attached hydrogen (secondary N) is 1. The van der Waals surface area contributed by atoms with Crippen LogP contribution in [0.15, 0.2) is 36.5 Å². The molecule has 3 rings (SSSR count). The van der Waals surface area contributed by atoms with Gasteiger partial charge < -0.3 is 10.1 Å². The number of halogens is 1. The summed E-state index contributed by atoms with van der Waals surface area (Å²) in [5, 5.41) is 7.42. The monoisotopic (exact) mass is 440 g/mol. The minimum Gasteiger partial charge on any atom is -0.455 e. The van der Waals surface area contributed by atoms with Crippen LogP contribution in [-0.2, 0) is 30.7 Å². The van der Waals surface area contributed by atoms with Crippen molar-refractivity contribution in [1.82, 2.24) is 14.7 Å². The molecule has 1 aliphatic rings. The first-order valence-electron chi connectivity index (χ1n) is 8.96. The Morgan fingerprint density at radius 3 is 2.62 bits per heavy atom. The van der Waals surface area contributed by atoms with Gasteiger partial charge in [-0.2, -0.15) is 5.10 Å². The topological polar surface area (TPSA) is 111 Å². The van der Waals surface area contributed by atoms with Crippen molar-refractivity contribution >= 4 is 39.1 Å². The summed E-state index contributed by atoms with van der Waals surface area (Å²) >= 11 is 6.16. The number of rotatable bonds is 7. The maximum absolute atomic E-state index is 12.1. The Balaban J connectivity index is 1.46. The molecule has 0 spiro atoms. The molecule has 0 saturated carbocycles. The van der Waals surface area contributed by atoms with Crippen LogP contribution in [0.4, 0.5) is 5.82 Å². The van der Waals surface area contributed by atoms with Gasteiger partial charge in [-0.15, -0.1) is 0 Å². The van der Waals surface area contributed by atoms with Crippen molar-refractivity contribution < 1.29 is 22.7 Å². The number of carbonyl (C=O) groups is 2. The summed E-state index contributed by atoms with van der Waals surface area (Å²) in [5.41, 5.74) is 0.850. The highest BCUT2D eigenvalue weighted by Gasteiger charge is 2.23. The number of hydrogen-bond donors (Lipinski definition) is 1. The molecular formula is C18H21ClN4O5S. The highest BCUT2D eigenvalue weighted by Crippen LogP contribution is 2.18. The SMILES string of the molecule is O=C(COC(=O)CN1CCS(=O)(=O)CC1)Nc1ccnn1Cc1ccccc1Cl. The van der Waals surface area contributed by atoms with Gasteiger partial charge in [-0.1, -0.05) is 29.8 Å². The zero-order chi connectivity index (χ0) is 20.9. The third-order valence-corrected chi connectivity index (χ3v) is 6.39. The number of carbonyl (C=O) groups excluding carboxylic acids is 2. The predicted molar refractivity (Wildman–Crippen MR) is 107 cm³/mol. The number of esters is 1. The number of hydrogen-bond acceptors (Lipinski definition) is 7. The first-order chi connectivity index (χ1) is 13.8. The van der Waals surface area contributed by atoms with E-state index in [1.807, 2.05) is 18.2 Å². The third-order valence-electron chi connectivity index (χ3n) is 4.42. The van der Waals surface area contributed by atoms with Gasteiger partial charge in [0.25, 0.3) is 5.91 Å². The summed E-state index contributed by atoms with van der Waals surface area (Å²) in [7, 11) is -3.01. The molecule has 1 fully saturated rings. The summed E-state index contributed by atoms with van der Waals surface area (Å²) in [6, 6.07) is 8.96. The van der Waals surface area contributed by atoms with Gasteiger partial charge >= 0.3 is 5.97 Å². The predicted octanol–water partition coefficient (Wildman–Crippen LogP) is 0.797. The number of ether oxygens (including phenoxy) is 1. The lowest BCUT2D eigenvalue weighted by atomic mass is 10.2. The van der Waals surface area contributed by atoms with E-state index < -0.39 is 28.3 Å². The number of aromatic nitrogens is 2. The van der Waals surface area contributed by atoms with E-state index in [1.54, 1.807) is 27.9 Å². The fourth-order valence-electron chi connectivity index (χ4n) is 2.81. The zero-order valence-corrected chi connectivity index (χ0v) is 17.2. The maximum atomic E-state index is 12.1. The Morgan fingerprint density at radius 1 is 1.17 bits per heavy atom. The molecule has 1 saturated heterocycles. The van der Waals surface area contributed by atoms with Gasteiger partial charge in [-0.25, -0.2) is 13.1 Å². The Labute approximate surface area is 173 Å². The van der Waals surface area contributed by atoms with E-state index in [0.717, 1.165) is 5.56 Å². The molecule has 2 aromatic rings. The van der Waals surface area contributed by atoms with Crippen LogP contribution < -0.4 is 5.32 Å². The molecule has 0 aliphatic carbocycles. The van der Waals surface area contributed by atoms with Crippen LogP contribution in [0, 0.1) is 0 Å². The molecule has 1 N–H and O–H groups in total. The quantitative estimate of drug-likeness (QED) is 0.634. The summed E-state index contributed by atoms with van der Waals surface area (Å²) in [5.74, 6) is -0.580. The van der Waals surface area contributed by atoms with Crippen molar-refractivity contribution in [2.45, 2.75) is 6.54 Å². The molecule has 0 bridgehead atoms. The van der Waals surface area contributed by atoms with Gasteiger partial charge in [-0.05, 0) is 11.6 Å². The standard InChI is InChI=1S/C18H21ClN4O5S/c19-15-4-2-1-3-14(15)11-23-16(5-6-20-23)21-17(24)13-28-18(25)12-22-7-9-29(26,27)10-8-22/h1-6H,7-13H2,(H,21,24). The van der Waals surface area contributed by atoms with E-state index in [9.17, 15) is 18.0 Å². The summed E-state index contributed by atoms with van der Waals surface area (Å²) in [6.07, 6.45) is 1.54. The van der Waals surface area contributed by atoms with Crippen LogP contribution in [0.25, 0.3) is 0 Å². The van der Waals surface area contributed by atoms with Crippen LogP contribution in [-0.4, -0.2) is 72.7 Å². The lowest BCUT2D eigenvalue weighted by Gasteiger charge is -2.25. The molecule has 29 heavy (non-hydrogen) atoms. The second-order valence-corrected chi connectivity index (χ2v) is 9.31. The highest BCUT2D eigenvalue weighted by molar-refractivity contribution is 7.91. The molecule has 1 amide bonds. The van der Waals surface area contributed by atoms with E-state index in [2.05, 4.69) is 10.4 Å². The minimum atomic E-state index is -3.01. The molecular weight excluding hydrogens is 420 g/mol. The third kappa shape index (κ3) is 6.28. The van der Waals surface area contributed by atoms with Crippen molar-refractivity contribution in [2.24, 2.45) is 0 Å². The van der Waals surface area contributed by atoms with E-state index in [1.165, 1.54) is 0 Å². The number of nitrogens with zero attached hydrogens (tertiary/aromatic N) is 3. The van der Waals surface area contributed by atoms with Gasteiger partial charge in [0.2, 0.25) is 0 Å². The average Bonchev–Trinajstić information content (AvgIpc) is 3.10. The maximum Gasteiger partial charge on any atom is 0.320 e. The molecule has 0 unspecified atom stereocenters. The van der Waals surface area contributed by atoms with Crippen molar-refractivity contribution in [3.63, 3.8) is 0 Å². The Hall–Kier alpha value is -2.43. The number of amides is 1. The lowest BCUT2D eigenvalue weighted by molar-refractivity contribution is -0.148. The van der Waals surface area contributed by atoms with Gasteiger partial charge in [0.15, 0.2) is 16.4 Å². The van der Waals surface area contributed by atoms with Crippen LogP contribution in [0.3, 0.4) is 0 Å². The highest BCUT2D eigenvalue weighted by atomic mass is 35.5. The summed E-state index contributed by atoms with van der Waals surface area (Å²) in [4.78, 5) is 25.7. The molecule has 1 aromatic heterocycles. The molecule has 2 heterocycles. The molecule has 1 aromatic carbocycles. The Kier molecular flexibility index (Phi) is 6.88. The number of benzene rings is 1. The second kappa shape index (κ2) is 9.38. The van der Waals surface area contributed by atoms with E-state index in [-0.39, 0.29) is 31.1 Å². The normalized spacial score (nSPS) is 16.3. The van der Waals surface area contributed by atoms with Crippen molar-refractivity contribution in [1.29, 1.82) is 0 Å². The van der Waals surface area contributed by atoms with E-state index >= 15 is 0 Å². The number of sulfone groups is 1. The van der Waals surface area contributed by atoms with Gasteiger partial charge in [-0.3, -0.25) is 14.5 Å². The van der Waals surface area contributed by atoms with Crippen molar-refractivity contribution in [2.75, 3.05) is 43.1 Å². The molecule has 9 nitrogen and oxygen atoms in total. The molecule has 11 heteroatoms. The molecule has 1 aliphatic heterocycles. The minimum absolute atomic E-state index is 0.0240. The van der Waals surface area contributed by atoms with Gasteiger partial charge in [0, 0.05) is 24.2 Å². The fraction of sp³-hybridized carbons (Fsp3) is 0.389. The molecule has 0 radical (unpaired) electrons. The first kappa shape index (κ1) is 21.3. The summed E-state index contributed by atoms with van der Waals surface area (Å²) in [6.45, 7) is 0.450. The van der Waals surface area contributed by atoms with Gasteiger partial charge in [0.1, 0.15) is 5.82 Å². The lowest BCUT2D eigenvalue weighted by Crippen LogP contribution is -2.43. The van der Waals surface area contributed by atoms with Crippen LogP contribution in [0.1, 0.15) is 5.56 Å². The Bertz CT molecular complexity index is 978. The van der Waals surface area contributed by atoms with Crippen LogP contribution in [0.5, 0.6) is 0 Å². The largest absolute Gasteiger partial charge is 0.455 e. The van der Waals surface area contributed by atoms with Crippen molar-refractivity contribution in [3.05, 3.63) is 47.1 Å². The zero-order valence-electron chi connectivity index (χ0n) is 15.6. The average molecular weight is 441 g/mol. The molecule has 0 atom stereocenters. The van der Waals surface area contributed by atoms with Crippen LogP contribution in [0.2, 0.25) is 5.02 Å². The first-order valence-corrected chi connectivity index (χ1v) is 11.2. The number of anilines is 1. The fourth-order valence-corrected chi connectivity index (χ4v) is 4.29. The van der Waals surface area contributed by atoms with E-state index in [0.29, 0.717) is 17.4 Å². The smallest absolute Gasteiger partial charge is 0.320 e.